The summed E-state index contributed by atoms with van der Waals surface area (Å²) in [5.74, 6) is -1.38. The summed E-state index contributed by atoms with van der Waals surface area (Å²) in [6.45, 7) is 7.61. The quantitative estimate of drug-likeness (QED) is 0.0857. The lowest BCUT2D eigenvalue weighted by atomic mass is 9.79. The molecule has 0 bridgehead atoms. The van der Waals surface area contributed by atoms with Crippen molar-refractivity contribution in [3.63, 3.8) is 0 Å². The minimum atomic E-state index is -0.900. The van der Waals surface area contributed by atoms with Crippen LogP contribution in [0.1, 0.15) is 82.8 Å². The number of carbonyl (C=O) groups is 2. The first kappa shape index (κ1) is 35.6. The molecule has 0 spiro atoms. The summed E-state index contributed by atoms with van der Waals surface area (Å²) in [6.07, 6.45) is 6.30. The van der Waals surface area contributed by atoms with Crippen molar-refractivity contribution in [2.24, 2.45) is 0 Å². The number of allylic oxidation sites excluding steroid dienone is 2. The van der Waals surface area contributed by atoms with Crippen LogP contribution in [0.3, 0.4) is 0 Å². The topological polar surface area (TPSA) is 135 Å². The maximum Gasteiger partial charge on any atom is 0.336 e. The van der Waals surface area contributed by atoms with E-state index in [0.717, 1.165) is 44.3 Å². The maximum absolute atomic E-state index is 13.6. The van der Waals surface area contributed by atoms with Gasteiger partial charge in [0.2, 0.25) is 0 Å². The van der Waals surface area contributed by atoms with E-state index in [2.05, 4.69) is 5.32 Å². The van der Waals surface area contributed by atoms with Gasteiger partial charge in [-0.3, -0.25) is 10.1 Å². The molecule has 1 saturated heterocycles. The van der Waals surface area contributed by atoms with Gasteiger partial charge in [0.15, 0.2) is 6.29 Å². The third-order valence-electron chi connectivity index (χ3n) is 8.13. The van der Waals surface area contributed by atoms with E-state index in [0.29, 0.717) is 55.2 Å². The summed E-state index contributed by atoms with van der Waals surface area (Å²) in [6, 6.07) is 13.8. The molecule has 2 atom stereocenters. The van der Waals surface area contributed by atoms with E-state index in [9.17, 15) is 19.7 Å². The van der Waals surface area contributed by atoms with E-state index < -0.39 is 22.8 Å². The first-order valence-corrected chi connectivity index (χ1v) is 16.6. The van der Waals surface area contributed by atoms with Crippen LogP contribution in [0.25, 0.3) is 0 Å². The van der Waals surface area contributed by atoms with Crippen molar-refractivity contribution in [3.05, 3.63) is 92.3 Å². The average Bonchev–Trinajstić information content (AvgIpc) is 3.08. The van der Waals surface area contributed by atoms with Gasteiger partial charge in [-0.2, -0.15) is 0 Å². The van der Waals surface area contributed by atoms with Gasteiger partial charge in [0.1, 0.15) is 5.75 Å². The number of rotatable bonds is 17. The molecular formula is C36H46N2O9. The highest BCUT2D eigenvalue weighted by atomic mass is 16.7. The number of dihydropyridines is 1. The van der Waals surface area contributed by atoms with Gasteiger partial charge < -0.3 is 29.0 Å². The van der Waals surface area contributed by atoms with E-state index in [1.54, 1.807) is 19.1 Å². The van der Waals surface area contributed by atoms with Gasteiger partial charge in [-0.25, -0.2) is 9.59 Å². The standard InChI is InChI=1S/C36H46N2O9/c1-4-6-19-46-36(40)34-30(5-2)37-25(3)32(33(34)27-11-9-12-28(24-27)38(41)42)35(39)47-22-10-21-43-29-16-14-26(15-17-29)18-23-45-31-13-7-8-20-44-31/h9,11-12,14-17,24,31,33,37H,4-8,10,13,18-23H2,1-3H3. The molecule has 0 radical (unpaired) electrons. The van der Waals surface area contributed by atoms with Gasteiger partial charge in [-0.1, -0.05) is 44.5 Å². The van der Waals surface area contributed by atoms with Crippen LogP contribution in [-0.4, -0.2) is 56.2 Å². The second-order valence-electron chi connectivity index (χ2n) is 11.6. The maximum atomic E-state index is 13.6. The molecule has 2 aliphatic heterocycles. The van der Waals surface area contributed by atoms with Gasteiger partial charge in [-0.05, 0) is 68.7 Å². The van der Waals surface area contributed by atoms with Crippen LogP contribution in [0.4, 0.5) is 5.69 Å². The van der Waals surface area contributed by atoms with Gasteiger partial charge in [-0.15, -0.1) is 0 Å². The molecule has 0 aliphatic carbocycles. The molecule has 1 N–H and O–H groups in total. The highest BCUT2D eigenvalue weighted by molar-refractivity contribution is 6.00. The second-order valence-corrected chi connectivity index (χ2v) is 11.6. The van der Waals surface area contributed by atoms with Crippen molar-refractivity contribution in [2.75, 3.05) is 33.0 Å². The van der Waals surface area contributed by atoms with Gasteiger partial charge in [0.25, 0.3) is 5.69 Å². The number of nitrogens with one attached hydrogen (secondary N) is 1. The monoisotopic (exact) mass is 650 g/mol. The number of nitro groups is 1. The van der Waals surface area contributed by atoms with Crippen molar-refractivity contribution in [2.45, 2.75) is 84.3 Å². The number of unbranched alkanes of at least 4 members (excludes halogenated alkanes) is 1. The van der Waals surface area contributed by atoms with Crippen molar-refractivity contribution in [3.8, 4) is 5.75 Å². The lowest BCUT2D eigenvalue weighted by Crippen LogP contribution is -2.33. The number of non-ortho nitro benzene ring substituents is 1. The normalized spacial score (nSPS) is 18.0. The van der Waals surface area contributed by atoms with Crippen LogP contribution in [0.2, 0.25) is 0 Å². The zero-order valence-corrected chi connectivity index (χ0v) is 27.6. The molecular weight excluding hydrogens is 604 g/mol. The number of ether oxygens (including phenoxy) is 5. The summed E-state index contributed by atoms with van der Waals surface area (Å²) < 4.78 is 28.5. The van der Waals surface area contributed by atoms with E-state index in [4.69, 9.17) is 23.7 Å². The fourth-order valence-electron chi connectivity index (χ4n) is 5.62. The molecule has 0 saturated carbocycles. The first-order chi connectivity index (χ1) is 22.8. The van der Waals surface area contributed by atoms with Crippen LogP contribution in [0, 0.1) is 10.1 Å². The van der Waals surface area contributed by atoms with Crippen LogP contribution < -0.4 is 10.1 Å². The summed E-state index contributed by atoms with van der Waals surface area (Å²) in [7, 11) is 0. The molecule has 0 amide bonds. The highest BCUT2D eigenvalue weighted by Crippen LogP contribution is 2.41. The fourth-order valence-corrected chi connectivity index (χ4v) is 5.62. The lowest BCUT2D eigenvalue weighted by molar-refractivity contribution is -0.384. The summed E-state index contributed by atoms with van der Waals surface area (Å²) in [5, 5.41) is 14.8. The number of nitro benzene ring substituents is 1. The molecule has 2 aromatic rings. The van der Waals surface area contributed by atoms with Crippen molar-refractivity contribution in [1.29, 1.82) is 0 Å². The largest absolute Gasteiger partial charge is 0.493 e. The van der Waals surface area contributed by atoms with Crippen molar-refractivity contribution >= 4 is 17.6 Å². The molecule has 2 aromatic carbocycles. The van der Waals surface area contributed by atoms with Crippen LogP contribution in [-0.2, 0) is 35.0 Å². The SMILES string of the molecule is CCCCOC(=O)C1=C(CC)NC(C)=C(C(=O)OCCCOc2ccc(CCOC3CCCCO3)cc2)C1c1cccc([N+](=O)[O-])c1. The Hall–Kier alpha value is -4.22. The third kappa shape index (κ3) is 10.1. The van der Waals surface area contributed by atoms with E-state index in [1.807, 2.05) is 38.1 Å². The highest BCUT2D eigenvalue weighted by Gasteiger charge is 2.39. The van der Waals surface area contributed by atoms with Crippen LogP contribution >= 0.6 is 0 Å². The van der Waals surface area contributed by atoms with E-state index in [-0.39, 0.29) is 36.3 Å². The Balaban J connectivity index is 1.36. The summed E-state index contributed by atoms with van der Waals surface area (Å²) in [5.41, 5.74) is 3.00. The Labute approximate surface area is 276 Å². The molecule has 1 fully saturated rings. The molecule has 4 rings (SSSR count). The molecule has 0 aromatic heterocycles. The Morgan fingerprint density at radius 1 is 0.957 bits per heavy atom. The minimum absolute atomic E-state index is 0.0799. The minimum Gasteiger partial charge on any atom is -0.493 e. The molecule has 2 unspecified atom stereocenters. The molecule has 11 nitrogen and oxygen atoms in total. The summed E-state index contributed by atoms with van der Waals surface area (Å²) in [4.78, 5) is 38.1. The Kier molecular flexibility index (Phi) is 13.8. The summed E-state index contributed by atoms with van der Waals surface area (Å²) >= 11 is 0. The second kappa shape index (κ2) is 18.2. The number of hydrogen-bond acceptors (Lipinski definition) is 10. The van der Waals surface area contributed by atoms with Gasteiger partial charge in [0.05, 0.1) is 48.4 Å². The lowest BCUT2D eigenvalue weighted by Gasteiger charge is -2.31. The predicted octanol–water partition coefficient (Wildman–Crippen LogP) is 6.66. The van der Waals surface area contributed by atoms with Crippen LogP contribution in [0.15, 0.2) is 71.1 Å². The van der Waals surface area contributed by atoms with Gasteiger partial charge in [0, 0.05) is 36.6 Å². The van der Waals surface area contributed by atoms with Gasteiger partial charge >= 0.3 is 11.9 Å². The molecule has 254 valence electrons. The Bertz CT molecular complexity index is 1430. The van der Waals surface area contributed by atoms with Crippen molar-refractivity contribution in [1.82, 2.24) is 5.32 Å². The molecule has 2 heterocycles. The predicted molar refractivity (Wildman–Crippen MR) is 176 cm³/mol. The zero-order chi connectivity index (χ0) is 33.6. The van der Waals surface area contributed by atoms with E-state index >= 15 is 0 Å². The molecule has 11 heteroatoms. The number of hydrogen-bond donors (Lipinski definition) is 1. The number of esters is 2. The number of nitrogens with zero attached hydrogens (tertiary/aromatic N) is 1. The third-order valence-corrected chi connectivity index (χ3v) is 8.13. The molecule has 47 heavy (non-hydrogen) atoms. The first-order valence-electron chi connectivity index (χ1n) is 16.6. The number of benzene rings is 2. The fraction of sp³-hybridized carbons (Fsp3) is 0.500. The Morgan fingerprint density at radius 3 is 2.38 bits per heavy atom. The Morgan fingerprint density at radius 2 is 1.70 bits per heavy atom. The average molecular weight is 651 g/mol. The molecule has 2 aliphatic rings. The van der Waals surface area contributed by atoms with Crippen LogP contribution in [0.5, 0.6) is 5.75 Å². The van der Waals surface area contributed by atoms with E-state index in [1.165, 1.54) is 12.1 Å². The van der Waals surface area contributed by atoms with Crippen molar-refractivity contribution < 1.29 is 38.2 Å². The zero-order valence-electron chi connectivity index (χ0n) is 27.6. The number of carbonyl (C=O) groups excluding carboxylic acids is 2. The smallest absolute Gasteiger partial charge is 0.336 e.